The number of carboxylic acids is 1. The lowest BCUT2D eigenvalue weighted by Crippen LogP contribution is -1.97. The van der Waals surface area contributed by atoms with Crippen LogP contribution in [0.25, 0.3) is 17.1 Å². The van der Waals surface area contributed by atoms with Crippen molar-refractivity contribution in [3.05, 3.63) is 66.0 Å². The minimum absolute atomic E-state index is 0.0143. The molecule has 3 rings (SSSR count). The molecule has 0 bridgehead atoms. The molecule has 24 heavy (non-hydrogen) atoms. The Labute approximate surface area is 140 Å². The first-order valence-corrected chi connectivity index (χ1v) is 7.71. The van der Waals surface area contributed by atoms with Crippen molar-refractivity contribution in [2.24, 2.45) is 0 Å². The number of nitrogens with zero attached hydrogens (tertiary/aromatic N) is 2. The summed E-state index contributed by atoms with van der Waals surface area (Å²) >= 11 is 0. The molecule has 1 heterocycles. The molecular formula is C19H18N2O3. The van der Waals surface area contributed by atoms with E-state index in [0.717, 1.165) is 22.6 Å². The Hall–Kier alpha value is -3.08. The Kier molecular flexibility index (Phi) is 4.33. The monoisotopic (exact) mass is 322 g/mol. The Bertz CT molecular complexity index is 867. The van der Waals surface area contributed by atoms with E-state index in [1.165, 1.54) is 6.20 Å². The van der Waals surface area contributed by atoms with Crippen LogP contribution < -0.4 is 4.74 Å². The molecular weight excluding hydrogens is 304 g/mol. The number of hydrogen-bond donors (Lipinski definition) is 1. The number of hydrogen-bond acceptors (Lipinski definition) is 3. The zero-order valence-corrected chi connectivity index (χ0v) is 13.6. The van der Waals surface area contributed by atoms with Crippen LogP contribution in [-0.4, -0.2) is 27.2 Å². The zero-order valence-electron chi connectivity index (χ0n) is 13.6. The quantitative estimate of drug-likeness (QED) is 0.772. The van der Waals surface area contributed by atoms with Crippen LogP contribution in [0, 0.1) is 6.92 Å². The molecule has 0 spiro atoms. The summed E-state index contributed by atoms with van der Waals surface area (Å²) in [4.78, 5) is 15.6. The van der Waals surface area contributed by atoms with Crippen molar-refractivity contribution in [1.29, 1.82) is 0 Å². The SMILES string of the molecule is CCOc1ccc(-n2cc(C(=O)O)nc2-c2cccc(C)c2)cc1. The van der Waals surface area contributed by atoms with Crippen molar-refractivity contribution in [3.8, 4) is 22.8 Å². The van der Waals surface area contributed by atoms with Crippen molar-refractivity contribution in [2.75, 3.05) is 6.61 Å². The van der Waals surface area contributed by atoms with Gasteiger partial charge in [0.15, 0.2) is 5.69 Å². The van der Waals surface area contributed by atoms with Crippen molar-refractivity contribution < 1.29 is 14.6 Å². The van der Waals surface area contributed by atoms with Crippen LogP contribution in [0.2, 0.25) is 0 Å². The zero-order chi connectivity index (χ0) is 17.1. The second-order valence-electron chi connectivity index (χ2n) is 5.42. The van der Waals surface area contributed by atoms with E-state index in [-0.39, 0.29) is 5.69 Å². The molecule has 0 saturated carbocycles. The van der Waals surface area contributed by atoms with Crippen LogP contribution in [0.3, 0.4) is 0 Å². The fourth-order valence-corrected chi connectivity index (χ4v) is 2.54. The van der Waals surface area contributed by atoms with E-state index in [1.807, 2.05) is 62.4 Å². The van der Waals surface area contributed by atoms with Gasteiger partial charge in [0.1, 0.15) is 11.6 Å². The molecule has 0 unspecified atom stereocenters. The van der Waals surface area contributed by atoms with Crippen molar-refractivity contribution >= 4 is 5.97 Å². The maximum absolute atomic E-state index is 11.3. The minimum atomic E-state index is -1.05. The predicted molar refractivity (Wildman–Crippen MR) is 91.9 cm³/mol. The van der Waals surface area contributed by atoms with Gasteiger partial charge < -0.3 is 9.84 Å². The molecule has 1 aromatic heterocycles. The molecule has 0 aliphatic carbocycles. The number of aryl methyl sites for hydroxylation is 1. The van der Waals surface area contributed by atoms with E-state index in [9.17, 15) is 9.90 Å². The number of benzene rings is 2. The molecule has 0 amide bonds. The fourth-order valence-electron chi connectivity index (χ4n) is 2.54. The first kappa shape index (κ1) is 15.8. The summed E-state index contributed by atoms with van der Waals surface area (Å²) in [6.07, 6.45) is 1.54. The Morgan fingerprint density at radius 3 is 2.58 bits per heavy atom. The summed E-state index contributed by atoms with van der Waals surface area (Å²) in [6, 6.07) is 15.3. The maximum atomic E-state index is 11.3. The number of aromatic carboxylic acids is 1. The standard InChI is InChI=1S/C19H18N2O3/c1-3-24-16-9-7-15(8-10-16)21-12-17(19(22)23)20-18(21)14-6-4-5-13(2)11-14/h4-12H,3H2,1-2H3,(H,22,23). The smallest absolute Gasteiger partial charge is 0.356 e. The van der Waals surface area contributed by atoms with Gasteiger partial charge in [-0.25, -0.2) is 9.78 Å². The van der Waals surface area contributed by atoms with E-state index < -0.39 is 5.97 Å². The summed E-state index contributed by atoms with van der Waals surface area (Å²) in [5.41, 5.74) is 2.80. The largest absolute Gasteiger partial charge is 0.494 e. The second-order valence-corrected chi connectivity index (χ2v) is 5.42. The summed E-state index contributed by atoms with van der Waals surface area (Å²) in [7, 11) is 0. The van der Waals surface area contributed by atoms with Crippen LogP contribution in [0.15, 0.2) is 54.7 Å². The van der Waals surface area contributed by atoms with Gasteiger partial charge in [-0.15, -0.1) is 0 Å². The fraction of sp³-hybridized carbons (Fsp3) is 0.158. The lowest BCUT2D eigenvalue weighted by molar-refractivity contribution is 0.0691. The number of imidazole rings is 1. The van der Waals surface area contributed by atoms with Gasteiger partial charge in [0.2, 0.25) is 0 Å². The van der Waals surface area contributed by atoms with Crippen LogP contribution in [0.5, 0.6) is 5.75 Å². The van der Waals surface area contributed by atoms with Crippen molar-refractivity contribution in [3.63, 3.8) is 0 Å². The van der Waals surface area contributed by atoms with Gasteiger partial charge in [-0.05, 0) is 44.2 Å². The highest BCUT2D eigenvalue weighted by Gasteiger charge is 2.16. The van der Waals surface area contributed by atoms with Crippen LogP contribution in [-0.2, 0) is 0 Å². The average Bonchev–Trinajstić information content (AvgIpc) is 3.01. The first-order chi connectivity index (χ1) is 11.6. The van der Waals surface area contributed by atoms with Gasteiger partial charge in [0, 0.05) is 17.4 Å². The molecule has 0 aliphatic rings. The Morgan fingerprint density at radius 2 is 1.96 bits per heavy atom. The van der Waals surface area contributed by atoms with E-state index >= 15 is 0 Å². The third-order valence-electron chi connectivity index (χ3n) is 3.63. The number of ether oxygens (including phenoxy) is 1. The molecule has 0 radical (unpaired) electrons. The van der Waals surface area contributed by atoms with Gasteiger partial charge in [-0.2, -0.15) is 0 Å². The molecule has 5 heteroatoms. The van der Waals surface area contributed by atoms with E-state index in [1.54, 1.807) is 4.57 Å². The number of carboxylic acid groups (broad SMARTS) is 1. The predicted octanol–water partition coefficient (Wildman–Crippen LogP) is 3.94. The molecule has 0 aliphatic heterocycles. The third kappa shape index (κ3) is 3.15. The lowest BCUT2D eigenvalue weighted by atomic mass is 10.1. The van der Waals surface area contributed by atoms with Gasteiger partial charge in [-0.3, -0.25) is 4.57 Å². The molecule has 1 N–H and O–H groups in total. The minimum Gasteiger partial charge on any atom is -0.494 e. The highest BCUT2D eigenvalue weighted by molar-refractivity contribution is 5.86. The Balaban J connectivity index is 2.10. The third-order valence-corrected chi connectivity index (χ3v) is 3.63. The molecule has 0 atom stereocenters. The summed E-state index contributed by atoms with van der Waals surface area (Å²) in [6.45, 7) is 4.52. The average molecular weight is 322 g/mol. The molecule has 0 saturated heterocycles. The normalized spacial score (nSPS) is 10.6. The summed E-state index contributed by atoms with van der Waals surface area (Å²) < 4.78 is 7.24. The number of carbonyl (C=O) groups is 1. The van der Waals surface area contributed by atoms with E-state index in [4.69, 9.17) is 4.74 Å². The van der Waals surface area contributed by atoms with Crippen LogP contribution in [0.1, 0.15) is 23.0 Å². The topological polar surface area (TPSA) is 64.3 Å². The molecule has 122 valence electrons. The van der Waals surface area contributed by atoms with Gasteiger partial charge in [0.25, 0.3) is 0 Å². The van der Waals surface area contributed by atoms with Crippen LogP contribution in [0.4, 0.5) is 0 Å². The molecule has 0 fully saturated rings. The molecule has 3 aromatic rings. The highest BCUT2D eigenvalue weighted by Crippen LogP contribution is 2.25. The van der Waals surface area contributed by atoms with Crippen molar-refractivity contribution in [1.82, 2.24) is 9.55 Å². The number of aromatic nitrogens is 2. The maximum Gasteiger partial charge on any atom is 0.356 e. The van der Waals surface area contributed by atoms with Gasteiger partial charge in [-0.1, -0.05) is 23.8 Å². The number of rotatable bonds is 5. The van der Waals surface area contributed by atoms with Gasteiger partial charge >= 0.3 is 5.97 Å². The van der Waals surface area contributed by atoms with Crippen LogP contribution >= 0.6 is 0 Å². The summed E-state index contributed by atoms with van der Waals surface area (Å²) in [5.74, 6) is 0.325. The van der Waals surface area contributed by atoms with Crippen molar-refractivity contribution in [2.45, 2.75) is 13.8 Å². The lowest BCUT2D eigenvalue weighted by Gasteiger charge is -2.09. The second kappa shape index (κ2) is 6.58. The molecule has 2 aromatic carbocycles. The van der Waals surface area contributed by atoms with E-state index in [0.29, 0.717) is 12.4 Å². The van der Waals surface area contributed by atoms with E-state index in [2.05, 4.69) is 4.98 Å². The summed E-state index contributed by atoms with van der Waals surface area (Å²) in [5, 5.41) is 9.29. The van der Waals surface area contributed by atoms with Gasteiger partial charge in [0.05, 0.1) is 6.61 Å². The first-order valence-electron chi connectivity index (χ1n) is 7.71. The highest BCUT2D eigenvalue weighted by atomic mass is 16.5. The molecule has 5 nitrogen and oxygen atoms in total. The Morgan fingerprint density at radius 1 is 1.21 bits per heavy atom.